The Morgan fingerprint density at radius 3 is 2.62 bits per heavy atom. The SMILES string of the molecule is C=CCOC(=O)C1(C)CCON(C(=O)OC(C)(C)C)C1=O. The lowest BCUT2D eigenvalue weighted by atomic mass is 9.85. The van der Waals surface area contributed by atoms with Crippen LogP contribution in [0.2, 0.25) is 0 Å². The highest BCUT2D eigenvalue weighted by Crippen LogP contribution is 2.31. The quantitative estimate of drug-likeness (QED) is 0.449. The summed E-state index contributed by atoms with van der Waals surface area (Å²) in [5, 5.41) is 0.490. The van der Waals surface area contributed by atoms with Crippen molar-refractivity contribution in [2.24, 2.45) is 5.41 Å². The third-order valence-electron chi connectivity index (χ3n) is 2.82. The van der Waals surface area contributed by atoms with Gasteiger partial charge in [-0.2, -0.15) is 0 Å². The van der Waals surface area contributed by atoms with E-state index in [9.17, 15) is 14.4 Å². The van der Waals surface area contributed by atoms with E-state index >= 15 is 0 Å². The highest BCUT2D eigenvalue weighted by molar-refractivity contribution is 6.06. The van der Waals surface area contributed by atoms with E-state index in [1.54, 1.807) is 20.8 Å². The number of carbonyl (C=O) groups excluding carboxylic acids is 3. The summed E-state index contributed by atoms with van der Waals surface area (Å²) < 4.78 is 10.00. The van der Waals surface area contributed by atoms with Crippen LogP contribution in [0.15, 0.2) is 12.7 Å². The Bertz CT molecular complexity index is 453. The minimum absolute atomic E-state index is 0.00496. The van der Waals surface area contributed by atoms with Gasteiger partial charge in [0, 0.05) is 0 Å². The number of ether oxygens (including phenoxy) is 2. The van der Waals surface area contributed by atoms with Gasteiger partial charge in [-0.15, -0.1) is 5.06 Å². The summed E-state index contributed by atoms with van der Waals surface area (Å²) in [4.78, 5) is 41.3. The highest BCUT2D eigenvalue weighted by Gasteiger charge is 2.51. The molecular weight excluding hydrogens is 278 g/mol. The fourth-order valence-corrected chi connectivity index (χ4v) is 1.65. The number of imide groups is 1. The zero-order chi connectivity index (χ0) is 16.3. The van der Waals surface area contributed by atoms with Gasteiger partial charge in [-0.3, -0.25) is 14.4 Å². The van der Waals surface area contributed by atoms with Gasteiger partial charge in [0.15, 0.2) is 0 Å². The first-order chi connectivity index (χ1) is 9.62. The number of esters is 1. The number of amides is 2. The molecule has 2 amide bonds. The number of hydrogen-bond acceptors (Lipinski definition) is 6. The average Bonchev–Trinajstić information content (AvgIpc) is 2.37. The van der Waals surface area contributed by atoms with Crippen LogP contribution in [0.5, 0.6) is 0 Å². The Morgan fingerprint density at radius 2 is 2.10 bits per heavy atom. The largest absolute Gasteiger partial charge is 0.461 e. The van der Waals surface area contributed by atoms with E-state index in [2.05, 4.69) is 6.58 Å². The van der Waals surface area contributed by atoms with Crippen LogP contribution >= 0.6 is 0 Å². The van der Waals surface area contributed by atoms with Crippen molar-refractivity contribution in [2.75, 3.05) is 13.2 Å². The molecule has 1 saturated heterocycles. The lowest BCUT2D eigenvalue weighted by Crippen LogP contribution is -2.55. The first-order valence-corrected chi connectivity index (χ1v) is 6.60. The minimum Gasteiger partial charge on any atom is -0.461 e. The maximum atomic E-state index is 12.4. The van der Waals surface area contributed by atoms with Crippen molar-refractivity contribution in [2.45, 2.75) is 39.7 Å². The van der Waals surface area contributed by atoms with E-state index in [0.717, 1.165) is 0 Å². The van der Waals surface area contributed by atoms with Crippen molar-refractivity contribution in [1.82, 2.24) is 5.06 Å². The van der Waals surface area contributed by atoms with Crippen molar-refractivity contribution < 1.29 is 28.7 Å². The minimum atomic E-state index is -1.47. The van der Waals surface area contributed by atoms with E-state index in [1.165, 1.54) is 13.0 Å². The van der Waals surface area contributed by atoms with Crippen LogP contribution in [-0.4, -0.2) is 41.8 Å². The van der Waals surface area contributed by atoms with Gasteiger partial charge in [-0.25, -0.2) is 4.79 Å². The van der Waals surface area contributed by atoms with Crippen molar-refractivity contribution in [3.63, 3.8) is 0 Å². The molecule has 7 nitrogen and oxygen atoms in total. The summed E-state index contributed by atoms with van der Waals surface area (Å²) >= 11 is 0. The highest BCUT2D eigenvalue weighted by atomic mass is 16.7. The van der Waals surface area contributed by atoms with E-state index in [0.29, 0.717) is 5.06 Å². The normalized spacial score (nSPS) is 22.7. The Morgan fingerprint density at radius 1 is 1.48 bits per heavy atom. The number of hydroxylamine groups is 2. The monoisotopic (exact) mass is 299 g/mol. The number of nitrogens with zero attached hydrogens (tertiary/aromatic N) is 1. The van der Waals surface area contributed by atoms with E-state index < -0.39 is 29.0 Å². The molecule has 0 saturated carbocycles. The fraction of sp³-hybridized carbons (Fsp3) is 0.643. The molecule has 1 fully saturated rings. The Kier molecular flexibility index (Phi) is 5.11. The summed E-state index contributed by atoms with van der Waals surface area (Å²) in [5.74, 6) is -1.51. The molecule has 0 radical (unpaired) electrons. The fourth-order valence-electron chi connectivity index (χ4n) is 1.65. The maximum absolute atomic E-state index is 12.4. The molecule has 1 unspecified atom stereocenters. The summed E-state index contributed by atoms with van der Waals surface area (Å²) in [5.41, 5.74) is -2.25. The summed E-state index contributed by atoms with van der Waals surface area (Å²) in [6.07, 6.45) is 0.576. The predicted octanol–water partition coefficient (Wildman–Crippen LogP) is 1.82. The van der Waals surface area contributed by atoms with E-state index in [4.69, 9.17) is 14.3 Å². The molecule has 0 N–H and O–H groups in total. The van der Waals surface area contributed by atoms with Gasteiger partial charge >= 0.3 is 12.1 Å². The third-order valence-corrected chi connectivity index (χ3v) is 2.82. The molecule has 1 rings (SSSR count). The molecule has 1 atom stereocenters. The Balaban J connectivity index is 2.87. The molecule has 1 aliphatic heterocycles. The molecule has 0 aromatic rings. The van der Waals surface area contributed by atoms with Gasteiger partial charge in [0.05, 0.1) is 6.61 Å². The smallest absolute Gasteiger partial charge is 0.442 e. The molecular formula is C14H21NO6. The number of carbonyl (C=O) groups is 3. The van der Waals surface area contributed by atoms with Crippen molar-refractivity contribution >= 4 is 18.0 Å². The van der Waals surface area contributed by atoms with Gasteiger partial charge in [-0.1, -0.05) is 12.7 Å². The second-order valence-corrected chi connectivity index (χ2v) is 5.88. The van der Waals surface area contributed by atoms with Gasteiger partial charge in [0.25, 0.3) is 5.91 Å². The molecule has 0 aliphatic carbocycles. The van der Waals surface area contributed by atoms with Crippen LogP contribution in [0.1, 0.15) is 34.1 Å². The first kappa shape index (κ1) is 17.2. The standard InChI is InChI=1S/C14H21NO6/c1-6-8-19-11(17)14(5)7-9-20-15(10(14)16)12(18)21-13(2,3)4/h6H,1,7-9H2,2-5H3. The van der Waals surface area contributed by atoms with Gasteiger partial charge < -0.3 is 9.47 Å². The van der Waals surface area contributed by atoms with Crippen LogP contribution < -0.4 is 0 Å². The number of rotatable bonds is 3. The van der Waals surface area contributed by atoms with Crippen LogP contribution in [0.4, 0.5) is 4.79 Å². The Labute approximate surface area is 123 Å². The van der Waals surface area contributed by atoms with Gasteiger partial charge in [0.2, 0.25) is 0 Å². The van der Waals surface area contributed by atoms with Gasteiger partial charge in [-0.05, 0) is 34.1 Å². The molecule has 0 aromatic carbocycles. The summed E-state index contributed by atoms with van der Waals surface area (Å²) in [6.45, 7) is 9.87. The molecule has 118 valence electrons. The summed E-state index contributed by atoms with van der Waals surface area (Å²) in [7, 11) is 0. The van der Waals surface area contributed by atoms with Crippen LogP contribution in [0, 0.1) is 5.41 Å². The van der Waals surface area contributed by atoms with Crippen LogP contribution in [0.3, 0.4) is 0 Å². The molecule has 1 aliphatic rings. The maximum Gasteiger partial charge on any atom is 0.442 e. The molecule has 0 bridgehead atoms. The lowest BCUT2D eigenvalue weighted by Gasteiger charge is -2.35. The summed E-state index contributed by atoms with van der Waals surface area (Å²) in [6, 6.07) is 0. The van der Waals surface area contributed by atoms with Crippen molar-refractivity contribution in [1.29, 1.82) is 0 Å². The predicted molar refractivity (Wildman–Crippen MR) is 72.9 cm³/mol. The van der Waals surface area contributed by atoms with Crippen LogP contribution in [0.25, 0.3) is 0 Å². The molecule has 0 spiro atoms. The number of hydrogen-bond donors (Lipinski definition) is 0. The van der Waals surface area contributed by atoms with E-state index in [1.807, 2.05) is 0 Å². The first-order valence-electron chi connectivity index (χ1n) is 6.60. The average molecular weight is 299 g/mol. The van der Waals surface area contributed by atoms with Crippen LogP contribution in [-0.2, 0) is 23.9 Å². The molecule has 0 aromatic heterocycles. The molecule has 7 heteroatoms. The van der Waals surface area contributed by atoms with Crippen molar-refractivity contribution in [3.05, 3.63) is 12.7 Å². The van der Waals surface area contributed by atoms with Gasteiger partial charge in [0.1, 0.15) is 17.6 Å². The molecule has 21 heavy (non-hydrogen) atoms. The van der Waals surface area contributed by atoms with E-state index in [-0.39, 0.29) is 19.6 Å². The zero-order valence-corrected chi connectivity index (χ0v) is 12.8. The zero-order valence-electron chi connectivity index (χ0n) is 12.8. The molecule has 1 heterocycles. The Hall–Kier alpha value is -1.89. The second kappa shape index (κ2) is 6.26. The third kappa shape index (κ3) is 4.04. The second-order valence-electron chi connectivity index (χ2n) is 5.88. The lowest BCUT2D eigenvalue weighted by molar-refractivity contribution is -0.210. The van der Waals surface area contributed by atoms with Crippen molar-refractivity contribution in [3.8, 4) is 0 Å². The topological polar surface area (TPSA) is 82.1 Å².